The molecule has 3 N–H and O–H groups in total. The van der Waals surface area contributed by atoms with Crippen molar-refractivity contribution in [2.75, 3.05) is 5.32 Å². The average molecular weight is 236 g/mol. The third kappa shape index (κ3) is 2.24. The first kappa shape index (κ1) is 11.1. The van der Waals surface area contributed by atoms with Gasteiger partial charge in [0.2, 0.25) is 0 Å². The summed E-state index contributed by atoms with van der Waals surface area (Å²) in [6.45, 7) is 6.03. The van der Waals surface area contributed by atoms with Gasteiger partial charge in [0.05, 0.1) is 10.9 Å². The molecular formula is C11H16N4S. The van der Waals surface area contributed by atoms with Crippen LogP contribution in [0.25, 0.3) is 0 Å². The lowest BCUT2D eigenvalue weighted by Crippen LogP contribution is -2.37. The molecule has 1 aliphatic rings. The number of nitrogens with two attached hydrogens (primary N) is 1. The lowest BCUT2D eigenvalue weighted by molar-refractivity contribution is 0.749. The fraction of sp³-hybridized carbons (Fsp3) is 0.455. The Labute approximate surface area is 99.3 Å². The second kappa shape index (κ2) is 4.25. The Morgan fingerprint density at radius 1 is 1.31 bits per heavy atom. The van der Waals surface area contributed by atoms with Crippen molar-refractivity contribution in [3.8, 4) is 0 Å². The number of amidine groups is 2. The summed E-state index contributed by atoms with van der Waals surface area (Å²) in [6.07, 6.45) is -0.0836. The molecule has 86 valence electrons. The third-order valence-electron chi connectivity index (χ3n) is 2.51. The minimum absolute atomic E-state index is 0.0682. The topological polar surface area (TPSA) is 62.8 Å². The van der Waals surface area contributed by atoms with Crippen LogP contribution >= 0.6 is 11.3 Å². The van der Waals surface area contributed by atoms with Crippen molar-refractivity contribution in [2.24, 2.45) is 21.6 Å². The van der Waals surface area contributed by atoms with E-state index < -0.39 is 0 Å². The Kier molecular flexibility index (Phi) is 2.96. The highest BCUT2D eigenvalue weighted by atomic mass is 32.1. The molecule has 1 aromatic heterocycles. The van der Waals surface area contributed by atoms with Gasteiger partial charge in [0.1, 0.15) is 17.8 Å². The summed E-state index contributed by atoms with van der Waals surface area (Å²) in [7, 11) is 0. The van der Waals surface area contributed by atoms with Gasteiger partial charge in [-0.1, -0.05) is 0 Å². The van der Waals surface area contributed by atoms with Crippen LogP contribution in [0.1, 0.15) is 18.7 Å². The summed E-state index contributed by atoms with van der Waals surface area (Å²) in [5.74, 6) is 1.62. The maximum Gasteiger partial charge on any atom is 0.140 e. The highest BCUT2D eigenvalue weighted by molar-refractivity contribution is 7.16. The van der Waals surface area contributed by atoms with Crippen LogP contribution in [0.4, 0.5) is 5.00 Å². The molecule has 0 saturated heterocycles. The van der Waals surface area contributed by atoms with Gasteiger partial charge in [-0.05, 0) is 32.9 Å². The normalized spacial score (nSPS) is 24.9. The highest BCUT2D eigenvalue weighted by Crippen LogP contribution is 2.22. The van der Waals surface area contributed by atoms with Gasteiger partial charge in [-0.15, -0.1) is 11.3 Å². The van der Waals surface area contributed by atoms with E-state index >= 15 is 0 Å². The first-order valence-electron chi connectivity index (χ1n) is 5.30. The van der Waals surface area contributed by atoms with Gasteiger partial charge in [-0.3, -0.25) is 0 Å². The highest BCUT2D eigenvalue weighted by Gasteiger charge is 2.21. The SMILES string of the molecule is Cc1ccc(NC2=NC(C)N=C(N)C2C)s1. The summed E-state index contributed by atoms with van der Waals surface area (Å²) in [4.78, 5) is 9.97. The molecular weight excluding hydrogens is 220 g/mol. The zero-order chi connectivity index (χ0) is 11.7. The van der Waals surface area contributed by atoms with Gasteiger partial charge in [0.25, 0.3) is 0 Å². The number of hydrogen-bond donors (Lipinski definition) is 2. The van der Waals surface area contributed by atoms with Crippen molar-refractivity contribution < 1.29 is 0 Å². The Bertz CT molecular complexity index is 447. The molecule has 2 heterocycles. The number of aryl methyl sites for hydroxylation is 1. The summed E-state index contributed by atoms with van der Waals surface area (Å²) in [6, 6.07) is 4.14. The first-order valence-corrected chi connectivity index (χ1v) is 6.12. The fourth-order valence-electron chi connectivity index (χ4n) is 1.58. The first-order chi connectivity index (χ1) is 7.56. The quantitative estimate of drug-likeness (QED) is 0.785. The maximum absolute atomic E-state index is 5.85. The second-order valence-electron chi connectivity index (χ2n) is 3.96. The van der Waals surface area contributed by atoms with Crippen molar-refractivity contribution in [3.05, 3.63) is 17.0 Å². The van der Waals surface area contributed by atoms with E-state index in [-0.39, 0.29) is 12.1 Å². The monoisotopic (exact) mass is 236 g/mol. The maximum atomic E-state index is 5.85. The molecule has 1 aliphatic heterocycles. The van der Waals surface area contributed by atoms with Crippen molar-refractivity contribution in [3.63, 3.8) is 0 Å². The van der Waals surface area contributed by atoms with Gasteiger partial charge in [0.15, 0.2) is 0 Å². The van der Waals surface area contributed by atoms with Gasteiger partial charge >= 0.3 is 0 Å². The number of nitrogens with zero attached hydrogens (tertiary/aromatic N) is 2. The van der Waals surface area contributed by atoms with Crippen LogP contribution in [-0.2, 0) is 0 Å². The zero-order valence-corrected chi connectivity index (χ0v) is 10.5. The second-order valence-corrected chi connectivity index (χ2v) is 5.25. The summed E-state index contributed by atoms with van der Waals surface area (Å²) >= 11 is 1.71. The number of hydrogen-bond acceptors (Lipinski definition) is 5. The van der Waals surface area contributed by atoms with Crippen molar-refractivity contribution in [1.82, 2.24) is 0 Å². The zero-order valence-electron chi connectivity index (χ0n) is 9.69. The van der Waals surface area contributed by atoms with E-state index in [0.717, 1.165) is 10.8 Å². The molecule has 16 heavy (non-hydrogen) atoms. The molecule has 0 radical (unpaired) electrons. The van der Waals surface area contributed by atoms with E-state index in [1.807, 2.05) is 13.8 Å². The molecule has 0 saturated carbocycles. The van der Waals surface area contributed by atoms with Crippen LogP contribution in [0, 0.1) is 12.8 Å². The van der Waals surface area contributed by atoms with E-state index in [1.54, 1.807) is 11.3 Å². The number of anilines is 1. The molecule has 0 amide bonds. The van der Waals surface area contributed by atoms with Crippen molar-refractivity contribution in [2.45, 2.75) is 26.9 Å². The van der Waals surface area contributed by atoms with E-state index in [9.17, 15) is 0 Å². The fourth-order valence-corrected chi connectivity index (χ4v) is 2.35. The van der Waals surface area contributed by atoms with Gasteiger partial charge in [0, 0.05) is 4.88 Å². The van der Waals surface area contributed by atoms with Crippen LogP contribution < -0.4 is 11.1 Å². The van der Waals surface area contributed by atoms with Gasteiger partial charge < -0.3 is 11.1 Å². The molecule has 0 aliphatic carbocycles. The predicted octanol–water partition coefficient (Wildman–Crippen LogP) is 2.22. The Balaban J connectivity index is 2.16. The lowest BCUT2D eigenvalue weighted by atomic mass is 10.1. The molecule has 0 bridgehead atoms. The van der Waals surface area contributed by atoms with Crippen LogP contribution in [0.15, 0.2) is 22.1 Å². The molecule has 2 atom stereocenters. The van der Waals surface area contributed by atoms with Crippen LogP contribution in [0.2, 0.25) is 0 Å². The Hall–Kier alpha value is -1.36. The van der Waals surface area contributed by atoms with E-state index in [0.29, 0.717) is 5.84 Å². The predicted molar refractivity (Wildman–Crippen MR) is 70.4 cm³/mol. The summed E-state index contributed by atoms with van der Waals surface area (Å²) < 4.78 is 0. The standard InChI is InChI=1S/C11H16N4S/c1-6-4-5-9(16-6)15-11-7(2)10(12)13-8(3)14-11/h4-5,7-8H,1-3H3,(H2,12,13)(H,14,15). The minimum Gasteiger partial charge on any atom is -0.387 e. The third-order valence-corrected chi connectivity index (χ3v) is 3.42. The molecule has 0 aromatic carbocycles. The Morgan fingerprint density at radius 2 is 2.06 bits per heavy atom. The largest absolute Gasteiger partial charge is 0.387 e. The smallest absolute Gasteiger partial charge is 0.140 e. The van der Waals surface area contributed by atoms with Crippen molar-refractivity contribution in [1.29, 1.82) is 0 Å². The van der Waals surface area contributed by atoms with Crippen LogP contribution in [0.5, 0.6) is 0 Å². The minimum atomic E-state index is -0.0836. The number of thiophene rings is 1. The van der Waals surface area contributed by atoms with E-state index in [2.05, 4.69) is 34.4 Å². The molecule has 2 rings (SSSR count). The molecule has 0 fully saturated rings. The van der Waals surface area contributed by atoms with E-state index in [1.165, 1.54) is 4.88 Å². The number of aliphatic imine (C=N–C) groups is 2. The Morgan fingerprint density at radius 3 is 2.69 bits per heavy atom. The van der Waals surface area contributed by atoms with Crippen LogP contribution in [-0.4, -0.2) is 17.8 Å². The molecule has 2 unspecified atom stereocenters. The van der Waals surface area contributed by atoms with Crippen molar-refractivity contribution >= 4 is 28.0 Å². The van der Waals surface area contributed by atoms with E-state index in [4.69, 9.17) is 5.73 Å². The molecule has 5 heteroatoms. The molecule has 1 aromatic rings. The van der Waals surface area contributed by atoms with Gasteiger partial charge in [-0.25, -0.2) is 9.98 Å². The number of nitrogens with one attached hydrogen (secondary N) is 1. The summed E-state index contributed by atoms with van der Waals surface area (Å²) in [5.41, 5.74) is 5.85. The summed E-state index contributed by atoms with van der Waals surface area (Å²) in [5, 5.41) is 4.42. The number of rotatable bonds is 1. The molecule has 4 nitrogen and oxygen atoms in total. The van der Waals surface area contributed by atoms with Crippen LogP contribution in [0.3, 0.4) is 0 Å². The molecule has 0 spiro atoms. The average Bonchev–Trinajstić information content (AvgIpc) is 2.60. The lowest BCUT2D eigenvalue weighted by Gasteiger charge is -2.21. The van der Waals surface area contributed by atoms with Gasteiger partial charge in [-0.2, -0.15) is 0 Å².